The highest BCUT2D eigenvalue weighted by Gasteiger charge is 2.21. The lowest BCUT2D eigenvalue weighted by Crippen LogP contribution is -2.13. The van der Waals surface area contributed by atoms with Crippen molar-refractivity contribution < 1.29 is 0 Å². The lowest BCUT2D eigenvalue weighted by molar-refractivity contribution is 0.669. The summed E-state index contributed by atoms with van der Waals surface area (Å²) >= 11 is 0. The molecule has 3 aromatic carbocycles. The molecule has 3 rings (SSSR count). The van der Waals surface area contributed by atoms with Crippen molar-refractivity contribution in [1.29, 1.82) is 10.5 Å². The van der Waals surface area contributed by atoms with Gasteiger partial charge in [0.1, 0.15) is 12.1 Å². The minimum atomic E-state index is -0.206. The summed E-state index contributed by atoms with van der Waals surface area (Å²) < 4.78 is 0. The number of hydrogen-bond acceptors (Lipinski definition) is 5. The van der Waals surface area contributed by atoms with Gasteiger partial charge in [-0.25, -0.2) is 0 Å². The van der Waals surface area contributed by atoms with Gasteiger partial charge in [0.15, 0.2) is 0 Å². The second-order valence-corrected chi connectivity index (χ2v) is 8.47. The van der Waals surface area contributed by atoms with Crippen LogP contribution in [0.5, 0.6) is 0 Å². The summed E-state index contributed by atoms with van der Waals surface area (Å²) in [7, 11) is 0. The third-order valence-corrected chi connectivity index (χ3v) is 5.67. The molecule has 0 unspecified atom stereocenters. The molecule has 33 heavy (non-hydrogen) atoms. The predicted molar refractivity (Wildman–Crippen MR) is 136 cm³/mol. The Morgan fingerprint density at radius 1 is 0.909 bits per heavy atom. The van der Waals surface area contributed by atoms with Gasteiger partial charge in [0, 0.05) is 33.6 Å². The molecule has 0 spiro atoms. The number of nitrogens with one attached hydrogen (secondary N) is 1. The Labute approximate surface area is 195 Å². The molecule has 0 aliphatic carbocycles. The highest BCUT2D eigenvalue weighted by atomic mass is 14.9. The summed E-state index contributed by atoms with van der Waals surface area (Å²) in [5.74, 6) is 0. The van der Waals surface area contributed by atoms with Gasteiger partial charge in [-0.1, -0.05) is 62.9 Å². The van der Waals surface area contributed by atoms with Gasteiger partial charge in [0.25, 0.3) is 0 Å². The molecule has 0 aliphatic rings. The molecule has 5 heteroatoms. The maximum Gasteiger partial charge on any atom is 0.102 e. The second kappa shape index (κ2) is 9.34. The fourth-order valence-electron chi connectivity index (χ4n) is 3.73. The number of benzene rings is 3. The van der Waals surface area contributed by atoms with Crippen LogP contribution >= 0.6 is 0 Å². The van der Waals surface area contributed by atoms with E-state index in [1.54, 1.807) is 24.3 Å². The molecule has 164 valence electrons. The van der Waals surface area contributed by atoms with Crippen molar-refractivity contribution in [2.24, 2.45) is 0 Å². The SMILES string of the molecule is C=C(/C=C\C(C)(C)c1ccccc1)Nc1ccc(N)c(C#N)c1-c1c(N)ccc(C)c1C#N. The van der Waals surface area contributed by atoms with E-state index < -0.39 is 0 Å². The molecule has 0 bridgehead atoms. The van der Waals surface area contributed by atoms with Crippen LogP contribution in [0.4, 0.5) is 17.1 Å². The third-order valence-electron chi connectivity index (χ3n) is 5.67. The molecule has 5 N–H and O–H groups in total. The second-order valence-electron chi connectivity index (χ2n) is 8.47. The van der Waals surface area contributed by atoms with E-state index in [1.165, 1.54) is 5.56 Å². The number of nitrogen functional groups attached to an aromatic ring is 2. The Morgan fingerprint density at radius 2 is 1.55 bits per heavy atom. The average molecular weight is 434 g/mol. The monoisotopic (exact) mass is 433 g/mol. The maximum atomic E-state index is 9.86. The molecule has 3 aromatic rings. The van der Waals surface area contributed by atoms with Crippen LogP contribution in [0.1, 0.15) is 36.1 Å². The Kier molecular flexibility index (Phi) is 6.56. The standard InChI is InChI=1S/C28H27N5/c1-18-10-11-24(32)26(21(18)16-29)27-22(17-30)23(31)12-13-25(27)33-19(2)14-15-28(3,4)20-8-6-5-7-9-20/h5-15,33H,2,31-32H2,1,3-4H3/b15-14-. The largest absolute Gasteiger partial charge is 0.398 e. The summed E-state index contributed by atoms with van der Waals surface area (Å²) in [6.07, 6.45) is 3.98. The number of hydrogen-bond donors (Lipinski definition) is 3. The zero-order valence-corrected chi connectivity index (χ0v) is 19.1. The van der Waals surface area contributed by atoms with E-state index in [0.29, 0.717) is 39.4 Å². The van der Waals surface area contributed by atoms with Crippen LogP contribution in [0, 0.1) is 29.6 Å². The average Bonchev–Trinajstić information content (AvgIpc) is 2.80. The zero-order chi connectivity index (χ0) is 24.2. The number of rotatable bonds is 6. The minimum Gasteiger partial charge on any atom is -0.398 e. The molecular weight excluding hydrogens is 406 g/mol. The van der Waals surface area contributed by atoms with Gasteiger partial charge in [-0.15, -0.1) is 0 Å². The van der Waals surface area contributed by atoms with Crippen LogP contribution in [-0.4, -0.2) is 0 Å². The highest BCUT2D eigenvalue weighted by Crippen LogP contribution is 2.41. The lowest BCUT2D eigenvalue weighted by Gasteiger charge is -2.22. The molecule has 0 aromatic heterocycles. The number of anilines is 3. The molecule has 0 fully saturated rings. The van der Waals surface area contributed by atoms with Gasteiger partial charge in [-0.2, -0.15) is 10.5 Å². The predicted octanol–water partition coefficient (Wildman–Crippen LogP) is 6.03. The number of allylic oxidation sites excluding steroid dienone is 2. The first-order chi connectivity index (χ1) is 15.7. The molecule has 0 heterocycles. The van der Waals surface area contributed by atoms with E-state index >= 15 is 0 Å². The van der Waals surface area contributed by atoms with E-state index in [9.17, 15) is 10.5 Å². The highest BCUT2D eigenvalue weighted by molar-refractivity contribution is 5.95. The number of nitrogens with zero attached hydrogens (tertiary/aromatic N) is 2. The smallest absolute Gasteiger partial charge is 0.102 e. The molecular formula is C28H27N5. The maximum absolute atomic E-state index is 9.86. The molecule has 0 atom stereocenters. The lowest BCUT2D eigenvalue weighted by atomic mass is 9.84. The summed E-state index contributed by atoms with van der Waals surface area (Å²) in [6.45, 7) is 10.2. The molecule has 5 nitrogen and oxygen atoms in total. The number of nitriles is 2. The first-order valence-electron chi connectivity index (χ1n) is 10.5. The molecule has 0 saturated heterocycles. The summed E-state index contributed by atoms with van der Waals surface area (Å²) in [6, 6.07) is 21.5. The van der Waals surface area contributed by atoms with Gasteiger partial charge in [0.05, 0.1) is 16.8 Å². The Hall–Kier alpha value is -4.48. The van der Waals surface area contributed by atoms with E-state index in [0.717, 1.165) is 5.56 Å². The van der Waals surface area contributed by atoms with Crippen LogP contribution in [0.25, 0.3) is 11.1 Å². The summed E-state index contributed by atoms with van der Waals surface area (Å²) in [5.41, 5.74) is 17.7. The van der Waals surface area contributed by atoms with E-state index in [-0.39, 0.29) is 11.0 Å². The van der Waals surface area contributed by atoms with E-state index in [1.807, 2.05) is 31.2 Å². The normalized spacial score (nSPS) is 11.1. The molecule has 0 amide bonds. The van der Waals surface area contributed by atoms with Crippen molar-refractivity contribution in [3.05, 3.63) is 101 Å². The van der Waals surface area contributed by atoms with Gasteiger partial charge >= 0.3 is 0 Å². The minimum absolute atomic E-state index is 0.206. The molecule has 0 saturated carbocycles. The zero-order valence-electron chi connectivity index (χ0n) is 19.1. The fraction of sp³-hybridized carbons (Fsp3) is 0.143. The van der Waals surface area contributed by atoms with Crippen molar-refractivity contribution in [2.75, 3.05) is 16.8 Å². The van der Waals surface area contributed by atoms with Crippen molar-refractivity contribution in [3.8, 4) is 23.3 Å². The Morgan fingerprint density at radius 3 is 2.18 bits per heavy atom. The summed E-state index contributed by atoms with van der Waals surface area (Å²) in [5, 5.41) is 22.9. The summed E-state index contributed by atoms with van der Waals surface area (Å²) in [4.78, 5) is 0. The van der Waals surface area contributed by atoms with Crippen molar-refractivity contribution in [3.63, 3.8) is 0 Å². The van der Waals surface area contributed by atoms with E-state index in [2.05, 4.69) is 56.1 Å². The van der Waals surface area contributed by atoms with Gasteiger partial charge in [-0.05, 0) is 42.3 Å². The number of aryl methyl sites for hydroxylation is 1. The first-order valence-corrected chi connectivity index (χ1v) is 10.5. The quantitative estimate of drug-likeness (QED) is 0.325. The third kappa shape index (κ3) is 4.74. The Balaban J connectivity index is 2.06. The van der Waals surface area contributed by atoms with E-state index in [4.69, 9.17) is 11.5 Å². The van der Waals surface area contributed by atoms with Crippen molar-refractivity contribution in [2.45, 2.75) is 26.2 Å². The van der Waals surface area contributed by atoms with Crippen LogP contribution in [-0.2, 0) is 5.41 Å². The topological polar surface area (TPSA) is 112 Å². The van der Waals surface area contributed by atoms with Gasteiger partial charge < -0.3 is 16.8 Å². The van der Waals surface area contributed by atoms with Crippen LogP contribution in [0.15, 0.2) is 79.0 Å². The fourth-order valence-corrected chi connectivity index (χ4v) is 3.73. The molecule has 0 aliphatic heterocycles. The van der Waals surface area contributed by atoms with Crippen molar-refractivity contribution in [1.82, 2.24) is 0 Å². The first kappa shape index (κ1) is 23.2. The Bertz CT molecular complexity index is 1320. The number of nitrogens with two attached hydrogens (primary N) is 2. The van der Waals surface area contributed by atoms with Crippen LogP contribution < -0.4 is 16.8 Å². The van der Waals surface area contributed by atoms with Crippen LogP contribution in [0.2, 0.25) is 0 Å². The van der Waals surface area contributed by atoms with Gasteiger partial charge in [0.2, 0.25) is 0 Å². The molecule has 0 radical (unpaired) electrons. The van der Waals surface area contributed by atoms with Crippen LogP contribution in [0.3, 0.4) is 0 Å². The van der Waals surface area contributed by atoms with Gasteiger partial charge in [-0.3, -0.25) is 0 Å². The van der Waals surface area contributed by atoms with Crippen molar-refractivity contribution >= 4 is 17.1 Å².